The van der Waals surface area contributed by atoms with Gasteiger partial charge in [-0.2, -0.15) is 0 Å². The normalized spacial score (nSPS) is 16.6. The minimum absolute atomic E-state index is 0.245. The van der Waals surface area contributed by atoms with E-state index in [0.717, 1.165) is 5.56 Å². The summed E-state index contributed by atoms with van der Waals surface area (Å²) in [6.07, 6.45) is 0.171. The Morgan fingerprint density at radius 3 is 2.80 bits per heavy atom. The second-order valence-corrected chi connectivity index (χ2v) is 5.05. The van der Waals surface area contributed by atoms with Gasteiger partial charge in [0.15, 0.2) is 0 Å². The minimum atomic E-state index is -0.967. The second kappa shape index (κ2) is 4.72. The summed E-state index contributed by atoms with van der Waals surface area (Å²) >= 11 is 5.99. The number of ether oxygens (including phenoxy) is 1. The SMILES string of the molecule is Nc1c(Cl)ccc2c1CC(c1ccccc1C(=O)O)O2. The molecule has 3 rings (SSSR count). The van der Waals surface area contributed by atoms with Crippen LogP contribution in [0.4, 0.5) is 5.69 Å². The highest BCUT2D eigenvalue weighted by molar-refractivity contribution is 6.33. The first-order chi connectivity index (χ1) is 9.58. The number of benzene rings is 2. The summed E-state index contributed by atoms with van der Waals surface area (Å²) in [5.74, 6) is -0.303. The Balaban J connectivity index is 2.01. The first kappa shape index (κ1) is 12.8. The molecule has 0 radical (unpaired) electrons. The summed E-state index contributed by atoms with van der Waals surface area (Å²) in [5, 5.41) is 9.73. The zero-order chi connectivity index (χ0) is 14.3. The van der Waals surface area contributed by atoms with Crippen molar-refractivity contribution in [1.82, 2.24) is 0 Å². The lowest BCUT2D eigenvalue weighted by Crippen LogP contribution is -2.10. The van der Waals surface area contributed by atoms with E-state index in [-0.39, 0.29) is 11.7 Å². The molecule has 0 saturated heterocycles. The van der Waals surface area contributed by atoms with Gasteiger partial charge >= 0.3 is 5.97 Å². The van der Waals surface area contributed by atoms with Crippen molar-refractivity contribution < 1.29 is 14.6 Å². The standard InChI is InChI=1S/C15H12ClNO3/c16-11-5-6-12-10(14(11)17)7-13(20-12)8-3-1-2-4-9(8)15(18)19/h1-6,13H,7,17H2,(H,18,19). The molecule has 102 valence electrons. The molecule has 20 heavy (non-hydrogen) atoms. The molecule has 0 aliphatic carbocycles. The number of fused-ring (bicyclic) bond motifs is 1. The molecule has 0 saturated carbocycles. The molecule has 2 aromatic rings. The summed E-state index contributed by atoms with van der Waals surface area (Å²) in [6, 6.07) is 10.3. The van der Waals surface area contributed by atoms with Gasteiger partial charge in [-0.05, 0) is 18.2 Å². The van der Waals surface area contributed by atoms with Crippen LogP contribution >= 0.6 is 11.6 Å². The van der Waals surface area contributed by atoms with Gasteiger partial charge < -0.3 is 15.6 Å². The van der Waals surface area contributed by atoms with Crippen molar-refractivity contribution in [2.75, 3.05) is 5.73 Å². The summed E-state index contributed by atoms with van der Waals surface area (Å²) < 4.78 is 5.82. The molecule has 4 nitrogen and oxygen atoms in total. The number of carboxylic acid groups (broad SMARTS) is 1. The van der Waals surface area contributed by atoms with Crippen LogP contribution in [0.1, 0.15) is 27.6 Å². The number of carboxylic acids is 1. The van der Waals surface area contributed by atoms with Crippen LogP contribution in [0.2, 0.25) is 5.02 Å². The van der Waals surface area contributed by atoms with E-state index in [1.54, 1.807) is 36.4 Å². The fourth-order valence-electron chi connectivity index (χ4n) is 2.46. The smallest absolute Gasteiger partial charge is 0.336 e. The monoisotopic (exact) mass is 289 g/mol. The number of aromatic carboxylic acids is 1. The van der Waals surface area contributed by atoms with Gasteiger partial charge in [-0.25, -0.2) is 4.79 Å². The molecule has 0 fully saturated rings. The van der Waals surface area contributed by atoms with Crippen molar-refractivity contribution in [1.29, 1.82) is 0 Å². The van der Waals surface area contributed by atoms with Crippen LogP contribution in [0.15, 0.2) is 36.4 Å². The predicted octanol–water partition coefficient (Wildman–Crippen LogP) is 3.30. The van der Waals surface area contributed by atoms with Crippen LogP contribution in [-0.4, -0.2) is 11.1 Å². The van der Waals surface area contributed by atoms with Crippen LogP contribution in [0.5, 0.6) is 5.75 Å². The summed E-state index contributed by atoms with van der Waals surface area (Å²) in [5.41, 5.74) is 8.17. The van der Waals surface area contributed by atoms with E-state index < -0.39 is 5.97 Å². The van der Waals surface area contributed by atoms with Gasteiger partial charge in [0.1, 0.15) is 11.9 Å². The lowest BCUT2D eigenvalue weighted by molar-refractivity contribution is 0.0692. The van der Waals surface area contributed by atoms with Crippen LogP contribution in [0.25, 0.3) is 0 Å². The van der Waals surface area contributed by atoms with Crippen molar-refractivity contribution in [2.24, 2.45) is 0 Å². The average molecular weight is 290 g/mol. The van der Waals surface area contributed by atoms with E-state index in [2.05, 4.69) is 0 Å². The number of hydrogen-bond acceptors (Lipinski definition) is 3. The Hall–Kier alpha value is -2.20. The van der Waals surface area contributed by atoms with E-state index in [1.165, 1.54) is 0 Å². The maximum absolute atomic E-state index is 11.3. The molecule has 0 amide bonds. The number of nitrogens with two attached hydrogens (primary N) is 1. The molecule has 2 aromatic carbocycles. The summed E-state index contributed by atoms with van der Waals surface area (Å²) in [4.78, 5) is 11.3. The third-order valence-electron chi connectivity index (χ3n) is 3.46. The first-order valence-electron chi connectivity index (χ1n) is 6.13. The van der Waals surface area contributed by atoms with Gasteiger partial charge in [-0.3, -0.25) is 0 Å². The maximum atomic E-state index is 11.3. The number of nitrogen functional groups attached to an aromatic ring is 1. The molecule has 3 N–H and O–H groups in total. The molecule has 1 atom stereocenters. The number of anilines is 1. The molecule has 0 spiro atoms. The zero-order valence-electron chi connectivity index (χ0n) is 10.5. The van der Waals surface area contributed by atoms with E-state index in [4.69, 9.17) is 22.1 Å². The highest BCUT2D eigenvalue weighted by Gasteiger charge is 2.29. The highest BCUT2D eigenvalue weighted by Crippen LogP contribution is 2.42. The highest BCUT2D eigenvalue weighted by atomic mass is 35.5. The second-order valence-electron chi connectivity index (χ2n) is 4.64. The lowest BCUT2D eigenvalue weighted by Gasteiger charge is -2.13. The quantitative estimate of drug-likeness (QED) is 0.832. The van der Waals surface area contributed by atoms with E-state index in [1.807, 2.05) is 0 Å². The first-order valence-corrected chi connectivity index (χ1v) is 6.51. The van der Waals surface area contributed by atoms with E-state index >= 15 is 0 Å². The van der Waals surface area contributed by atoms with Gasteiger partial charge in [0, 0.05) is 17.5 Å². The van der Waals surface area contributed by atoms with Gasteiger partial charge in [-0.1, -0.05) is 29.8 Å². The molecule has 1 unspecified atom stereocenters. The number of hydrogen-bond donors (Lipinski definition) is 2. The Labute approximate surface area is 120 Å². The topological polar surface area (TPSA) is 72.6 Å². The molecule has 1 heterocycles. The maximum Gasteiger partial charge on any atom is 0.336 e. The lowest BCUT2D eigenvalue weighted by atomic mass is 9.98. The zero-order valence-corrected chi connectivity index (χ0v) is 11.2. The van der Waals surface area contributed by atoms with Gasteiger partial charge in [0.05, 0.1) is 16.3 Å². The van der Waals surface area contributed by atoms with Crippen LogP contribution in [0.3, 0.4) is 0 Å². The third-order valence-corrected chi connectivity index (χ3v) is 3.79. The predicted molar refractivity (Wildman–Crippen MR) is 76.3 cm³/mol. The van der Waals surface area contributed by atoms with Crippen LogP contribution in [-0.2, 0) is 6.42 Å². The van der Waals surface area contributed by atoms with Gasteiger partial charge in [0.25, 0.3) is 0 Å². The number of halogens is 1. The fourth-order valence-corrected chi connectivity index (χ4v) is 2.64. The molecular formula is C15H12ClNO3. The average Bonchev–Trinajstić information content (AvgIpc) is 2.88. The van der Waals surface area contributed by atoms with Gasteiger partial charge in [-0.15, -0.1) is 0 Å². The van der Waals surface area contributed by atoms with E-state index in [9.17, 15) is 9.90 Å². The van der Waals surface area contributed by atoms with Crippen molar-refractivity contribution in [3.8, 4) is 5.75 Å². The summed E-state index contributed by atoms with van der Waals surface area (Å²) in [7, 11) is 0. The summed E-state index contributed by atoms with van der Waals surface area (Å²) in [6.45, 7) is 0. The van der Waals surface area contributed by atoms with Crippen molar-refractivity contribution in [3.05, 3.63) is 58.1 Å². The van der Waals surface area contributed by atoms with E-state index in [0.29, 0.717) is 28.4 Å². The van der Waals surface area contributed by atoms with Crippen molar-refractivity contribution in [2.45, 2.75) is 12.5 Å². The molecule has 0 bridgehead atoms. The molecule has 0 aromatic heterocycles. The van der Waals surface area contributed by atoms with Crippen molar-refractivity contribution >= 4 is 23.3 Å². The Morgan fingerprint density at radius 2 is 2.05 bits per heavy atom. The Bertz CT molecular complexity index is 700. The van der Waals surface area contributed by atoms with Crippen molar-refractivity contribution in [3.63, 3.8) is 0 Å². The Kier molecular flexibility index (Phi) is 3.03. The molecule has 5 heteroatoms. The molecule has 1 aliphatic heterocycles. The van der Waals surface area contributed by atoms with Gasteiger partial charge in [0.2, 0.25) is 0 Å². The minimum Gasteiger partial charge on any atom is -0.485 e. The van der Waals surface area contributed by atoms with Crippen LogP contribution in [0, 0.1) is 0 Å². The fraction of sp³-hybridized carbons (Fsp3) is 0.133. The largest absolute Gasteiger partial charge is 0.485 e. The third kappa shape index (κ3) is 1.98. The molecule has 1 aliphatic rings. The van der Waals surface area contributed by atoms with Crippen LogP contribution < -0.4 is 10.5 Å². The number of rotatable bonds is 2. The Morgan fingerprint density at radius 1 is 1.30 bits per heavy atom. The molecular weight excluding hydrogens is 278 g/mol. The number of carbonyl (C=O) groups is 1.